The van der Waals surface area contributed by atoms with Crippen molar-refractivity contribution in [2.24, 2.45) is 0 Å². The second-order valence-electron chi connectivity index (χ2n) is 5.91. The first-order valence-corrected chi connectivity index (χ1v) is 10.6. The second kappa shape index (κ2) is 11.1. The number of carbonyl (C=O) groups is 3. The summed E-state index contributed by atoms with van der Waals surface area (Å²) < 4.78 is 9.88. The lowest BCUT2D eigenvalue weighted by molar-refractivity contribution is -0.149. The first kappa shape index (κ1) is 23.1. The second-order valence-corrected chi connectivity index (χ2v) is 7.74. The maximum atomic E-state index is 12.5. The summed E-state index contributed by atoms with van der Waals surface area (Å²) in [5, 5.41) is 9.19. The SMILES string of the molecule is CSCC[C@@H](NC(=O)c1ccc(Cl)cc1Cl)C(=O)OCC(=O)Nc1cc(C)on1. The molecule has 29 heavy (non-hydrogen) atoms. The molecule has 11 heteroatoms. The van der Waals surface area contributed by atoms with Crippen molar-refractivity contribution in [1.29, 1.82) is 0 Å². The van der Waals surface area contributed by atoms with Gasteiger partial charge in [-0.25, -0.2) is 4.79 Å². The van der Waals surface area contributed by atoms with Gasteiger partial charge in [-0.15, -0.1) is 0 Å². The van der Waals surface area contributed by atoms with Gasteiger partial charge in [0.25, 0.3) is 11.8 Å². The number of carbonyl (C=O) groups excluding carboxylic acids is 3. The Kier molecular flexibility index (Phi) is 8.81. The van der Waals surface area contributed by atoms with E-state index in [9.17, 15) is 14.4 Å². The summed E-state index contributed by atoms with van der Waals surface area (Å²) in [6, 6.07) is 5.00. The van der Waals surface area contributed by atoms with Crippen molar-refractivity contribution in [3.05, 3.63) is 45.6 Å². The molecule has 0 aliphatic rings. The fourth-order valence-corrected chi connectivity index (χ4v) is 3.20. The van der Waals surface area contributed by atoms with Crippen LogP contribution in [-0.4, -0.2) is 47.6 Å². The molecule has 0 aliphatic heterocycles. The van der Waals surface area contributed by atoms with Crippen molar-refractivity contribution in [2.45, 2.75) is 19.4 Å². The molecular weight excluding hydrogens is 441 g/mol. The number of anilines is 1. The number of rotatable bonds is 9. The van der Waals surface area contributed by atoms with Crippen LogP contribution >= 0.6 is 35.0 Å². The highest BCUT2D eigenvalue weighted by molar-refractivity contribution is 7.98. The molecule has 0 fully saturated rings. The average Bonchev–Trinajstić information content (AvgIpc) is 3.07. The average molecular weight is 460 g/mol. The molecule has 1 aromatic heterocycles. The Labute approximate surface area is 181 Å². The van der Waals surface area contributed by atoms with Crippen LogP contribution in [0.5, 0.6) is 0 Å². The number of benzene rings is 1. The highest BCUT2D eigenvalue weighted by atomic mass is 35.5. The molecule has 0 unspecified atom stereocenters. The van der Waals surface area contributed by atoms with Crippen molar-refractivity contribution in [2.75, 3.05) is 23.9 Å². The Balaban J connectivity index is 1.95. The first-order valence-electron chi connectivity index (χ1n) is 8.44. The van der Waals surface area contributed by atoms with E-state index >= 15 is 0 Å². The van der Waals surface area contributed by atoms with Crippen LogP contribution in [0.1, 0.15) is 22.5 Å². The standard InChI is InChI=1S/C18H19Cl2N3O5S/c1-10-7-15(23-28-10)22-16(24)9-27-18(26)14(5-6-29-2)21-17(25)12-4-3-11(19)8-13(12)20/h3-4,7-8,14H,5-6,9H2,1-2H3,(H,21,25)(H,22,23,24)/t14-/m1/s1. The van der Waals surface area contributed by atoms with Gasteiger partial charge < -0.3 is 19.9 Å². The summed E-state index contributed by atoms with van der Waals surface area (Å²) in [6.45, 7) is 1.15. The summed E-state index contributed by atoms with van der Waals surface area (Å²) in [4.78, 5) is 36.8. The third-order valence-electron chi connectivity index (χ3n) is 3.62. The summed E-state index contributed by atoms with van der Waals surface area (Å²) in [6.07, 6.45) is 2.19. The minimum atomic E-state index is -0.941. The number of hydrogen-bond donors (Lipinski definition) is 2. The number of aromatic nitrogens is 1. The van der Waals surface area contributed by atoms with Gasteiger partial charge in [-0.2, -0.15) is 11.8 Å². The van der Waals surface area contributed by atoms with Crippen LogP contribution in [0.15, 0.2) is 28.8 Å². The summed E-state index contributed by atoms with van der Waals surface area (Å²) >= 11 is 13.4. The fourth-order valence-electron chi connectivity index (χ4n) is 2.24. The normalized spacial score (nSPS) is 11.6. The van der Waals surface area contributed by atoms with Crippen molar-refractivity contribution in [3.63, 3.8) is 0 Å². The van der Waals surface area contributed by atoms with Gasteiger partial charge >= 0.3 is 5.97 Å². The van der Waals surface area contributed by atoms with Crippen molar-refractivity contribution >= 4 is 58.6 Å². The quantitative estimate of drug-likeness (QED) is 0.553. The third-order valence-corrected chi connectivity index (χ3v) is 4.81. The molecule has 1 aromatic carbocycles. The zero-order valence-corrected chi connectivity index (χ0v) is 18.0. The van der Waals surface area contributed by atoms with Crippen molar-refractivity contribution < 1.29 is 23.6 Å². The number of aryl methyl sites for hydroxylation is 1. The van der Waals surface area contributed by atoms with Gasteiger partial charge in [0.2, 0.25) is 0 Å². The largest absolute Gasteiger partial charge is 0.454 e. The van der Waals surface area contributed by atoms with Crippen molar-refractivity contribution in [1.82, 2.24) is 10.5 Å². The van der Waals surface area contributed by atoms with E-state index in [0.717, 1.165) is 0 Å². The van der Waals surface area contributed by atoms with Crippen LogP contribution in [0.25, 0.3) is 0 Å². The lowest BCUT2D eigenvalue weighted by Crippen LogP contribution is -2.43. The molecule has 0 saturated carbocycles. The Morgan fingerprint density at radius 1 is 1.28 bits per heavy atom. The monoisotopic (exact) mass is 459 g/mol. The van der Waals surface area contributed by atoms with Gasteiger partial charge in [-0.05, 0) is 43.6 Å². The van der Waals surface area contributed by atoms with Crippen LogP contribution in [0.2, 0.25) is 10.0 Å². The molecule has 0 spiro atoms. The lowest BCUT2D eigenvalue weighted by atomic mass is 10.1. The van der Waals surface area contributed by atoms with Crippen LogP contribution in [0.4, 0.5) is 5.82 Å². The molecule has 1 atom stereocenters. The highest BCUT2D eigenvalue weighted by Gasteiger charge is 2.24. The minimum absolute atomic E-state index is 0.161. The van der Waals surface area contributed by atoms with E-state index in [4.69, 9.17) is 32.5 Å². The molecule has 0 radical (unpaired) electrons. The summed E-state index contributed by atoms with van der Waals surface area (Å²) in [7, 11) is 0. The molecule has 0 bridgehead atoms. The van der Waals surface area contributed by atoms with E-state index in [0.29, 0.717) is 23.0 Å². The molecule has 8 nitrogen and oxygen atoms in total. The topological polar surface area (TPSA) is 111 Å². The van der Waals surface area contributed by atoms with E-state index in [1.807, 2.05) is 6.26 Å². The summed E-state index contributed by atoms with van der Waals surface area (Å²) in [5.74, 6) is -0.520. The van der Waals surface area contributed by atoms with Gasteiger partial charge in [0, 0.05) is 11.1 Å². The lowest BCUT2D eigenvalue weighted by Gasteiger charge is -2.17. The number of nitrogens with zero attached hydrogens (tertiary/aromatic N) is 1. The predicted molar refractivity (Wildman–Crippen MR) is 112 cm³/mol. The van der Waals surface area contributed by atoms with E-state index < -0.39 is 30.4 Å². The molecule has 2 aromatic rings. The Morgan fingerprint density at radius 2 is 2.03 bits per heavy atom. The van der Waals surface area contributed by atoms with Gasteiger partial charge in [-0.1, -0.05) is 28.4 Å². The van der Waals surface area contributed by atoms with Gasteiger partial charge in [0.05, 0.1) is 10.6 Å². The molecule has 2 amide bonds. The molecule has 1 heterocycles. The number of hydrogen-bond acceptors (Lipinski definition) is 7. The minimum Gasteiger partial charge on any atom is -0.454 e. The Hall–Kier alpha value is -2.23. The van der Waals surface area contributed by atoms with Crippen LogP contribution in [-0.2, 0) is 14.3 Å². The van der Waals surface area contributed by atoms with Crippen LogP contribution in [0, 0.1) is 6.92 Å². The van der Waals surface area contributed by atoms with Gasteiger partial charge in [0.1, 0.15) is 11.8 Å². The molecule has 2 rings (SSSR count). The predicted octanol–water partition coefficient (Wildman–Crippen LogP) is 3.32. The maximum Gasteiger partial charge on any atom is 0.329 e. The van der Waals surface area contributed by atoms with Crippen LogP contribution < -0.4 is 10.6 Å². The Morgan fingerprint density at radius 3 is 2.66 bits per heavy atom. The van der Waals surface area contributed by atoms with E-state index in [-0.39, 0.29) is 16.4 Å². The molecule has 156 valence electrons. The number of halogens is 2. The number of esters is 1. The number of amides is 2. The molecule has 2 N–H and O–H groups in total. The molecule has 0 saturated heterocycles. The third kappa shape index (κ3) is 7.26. The number of ether oxygens (including phenoxy) is 1. The number of thioether (sulfide) groups is 1. The number of nitrogens with one attached hydrogen (secondary N) is 2. The zero-order valence-electron chi connectivity index (χ0n) is 15.7. The molecule has 0 aliphatic carbocycles. The zero-order chi connectivity index (χ0) is 21.4. The van der Waals surface area contributed by atoms with E-state index in [1.54, 1.807) is 6.92 Å². The van der Waals surface area contributed by atoms with Crippen LogP contribution in [0.3, 0.4) is 0 Å². The van der Waals surface area contributed by atoms with Crippen molar-refractivity contribution in [3.8, 4) is 0 Å². The summed E-state index contributed by atoms with van der Waals surface area (Å²) in [5.41, 5.74) is 0.178. The highest BCUT2D eigenvalue weighted by Crippen LogP contribution is 2.21. The van der Waals surface area contributed by atoms with Gasteiger partial charge in [0.15, 0.2) is 12.4 Å². The Bertz CT molecular complexity index is 890. The molecular formula is C18H19Cl2N3O5S. The first-order chi connectivity index (χ1) is 13.8. The fraction of sp³-hybridized carbons (Fsp3) is 0.333. The van der Waals surface area contributed by atoms with E-state index in [2.05, 4.69) is 15.8 Å². The maximum absolute atomic E-state index is 12.5. The smallest absolute Gasteiger partial charge is 0.329 e. The van der Waals surface area contributed by atoms with E-state index in [1.165, 1.54) is 36.0 Å². The van der Waals surface area contributed by atoms with Gasteiger partial charge in [-0.3, -0.25) is 9.59 Å².